The Bertz CT molecular complexity index is 694. The van der Waals surface area contributed by atoms with E-state index in [1.54, 1.807) is 12.1 Å². The number of carbonyl (C=O) groups is 1. The van der Waals surface area contributed by atoms with E-state index in [1.165, 1.54) is 11.8 Å². The number of carbonyl (C=O) groups excluding carboxylic acids is 1. The lowest BCUT2D eigenvalue weighted by molar-refractivity contribution is 0.102. The average Bonchev–Trinajstić information content (AvgIpc) is 3.05. The first-order valence-electron chi connectivity index (χ1n) is 7.88. The lowest BCUT2D eigenvalue weighted by atomic mass is 10.1. The van der Waals surface area contributed by atoms with Crippen molar-refractivity contribution in [1.29, 1.82) is 0 Å². The summed E-state index contributed by atoms with van der Waals surface area (Å²) in [5.74, 6) is 1.14. The number of nitrogens with one attached hydrogen (secondary N) is 1. The highest BCUT2D eigenvalue weighted by Crippen LogP contribution is 2.39. The van der Waals surface area contributed by atoms with Crippen molar-refractivity contribution in [2.24, 2.45) is 0 Å². The Hall–Kier alpha value is -2.00. The molecule has 9 heteroatoms. The number of aromatic nitrogens is 2. The third-order valence-electron chi connectivity index (χ3n) is 2.98. The molecule has 2 rings (SSSR count). The van der Waals surface area contributed by atoms with Gasteiger partial charge in [-0.3, -0.25) is 10.1 Å². The molecule has 0 fully saturated rings. The van der Waals surface area contributed by atoms with Crippen LogP contribution in [0.4, 0.5) is 5.13 Å². The minimum absolute atomic E-state index is 0.311. The first-order chi connectivity index (χ1) is 12.1. The predicted octanol–water partition coefficient (Wildman–Crippen LogP) is 3.71. The van der Waals surface area contributed by atoms with E-state index in [-0.39, 0.29) is 5.91 Å². The average molecular weight is 383 g/mol. The number of hydrogen-bond acceptors (Lipinski definition) is 8. The monoisotopic (exact) mass is 383 g/mol. The fourth-order valence-corrected chi connectivity index (χ4v) is 3.15. The van der Waals surface area contributed by atoms with Gasteiger partial charge in [-0.2, -0.15) is 9.36 Å². The Labute approximate surface area is 155 Å². The zero-order valence-electron chi connectivity index (χ0n) is 14.6. The maximum Gasteiger partial charge on any atom is 0.257 e. The number of thioether (sulfide) groups is 1. The van der Waals surface area contributed by atoms with Gasteiger partial charge in [0.2, 0.25) is 16.0 Å². The molecule has 1 aromatic carbocycles. The highest BCUT2D eigenvalue weighted by Gasteiger charge is 2.19. The Morgan fingerprint density at radius 2 is 1.72 bits per heavy atom. The molecule has 7 nitrogen and oxygen atoms in total. The Morgan fingerprint density at radius 3 is 2.20 bits per heavy atom. The Balaban J connectivity index is 2.33. The largest absolute Gasteiger partial charge is 0.490 e. The van der Waals surface area contributed by atoms with Crippen LogP contribution < -0.4 is 19.5 Å². The van der Waals surface area contributed by atoms with Gasteiger partial charge in [0.05, 0.1) is 19.8 Å². The van der Waals surface area contributed by atoms with Gasteiger partial charge in [0.1, 0.15) is 0 Å². The third-order valence-corrected chi connectivity index (χ3v) is 4.28. The highest BCUT2D eigenvalue weighted by molar-refractivity contribution is 7.98. The van der Waals surface area contributed by atoms with Gasteiger partial charge in [-0.15, -0.1) is 0 Å². The van der Waals surface area contributed by atoms with Crippen molar-refractivity contribution in [2.75, 3.05) is 31.4 Å². The summed E-state index contributed by atoms with van der Waals surface area (Å²) in [6.45, 7) is 6.98. The van der Waals surface area contributed by atoms with Gasteiger partial charge in [0.15, 0.2) is 11.5 Å². The number of nitrogens with zero attached hydrogens (tertiary/aromatic N) is 2. The van der Waals surface area contributed by atoms with Crippen LogP contribution in [0.25, 0.3) is 0 Å². The second kappa shape index (κ2) is 9.47. The Morgan fingerprint density at radius 1 is 1.12 bits per heavy atom. The number of anilines is 1. The zero-order chi connectivity index (χ0) is 18.2. The Kier molecular flexibility index (Phi) is 7.32. The molecule has 0 saturated heterocycles. The molecule has 0 aliphatic rings. The summed E-state index contributed by atoms with van der Waals surface area (Å²) in [5.41, 5.74) is 0.399. The van der Waals surface area contributed by atoms with Crippen LogP contribution in [0.5, 0.6) is 17.2 Å². The molecular formula is C16H21N3O4S2. The second-order valence-corrected chi connectivity index (χ2v) is 6.17. The molecule has 1 amide bonds. The van der Waals surface area contributed by atoms with Crippen molar-refractivity contribution in [3.05, 3.63) is 17.7 Å². The summed E-state index contributed by atoms with van der Waals surface area (Å²) in [5, 5.41) is 3.81. The molecular weight excluding hydrogens is 362 g/mol. The molecule has 2 aromatic rings. The lowest BCUT2D eigenvalue weighted by Gasteiger charge is -2.16. The number of hydrogen-bond donors (Lipinski definition) is 1. The summed E-state index contributed by atoms with van der Waals surface area (Å²) in [6, 6.07) is 3.28. The van der Waals surface area contributed by atoms with Gasteiger partial charge in [-0.05, 0) is 39.2 Å². The SMILES string of the molecule is CCOc1cc(C(=O)Nc2nc(SC)ns2)cc(OCC)c1OCC. The van der Waals surface area contributed by atoms with Crippen molar-refractivity contribution >= 4 is 34.3 Å². The van der Waals surface area contributed by atoms with Crippen LogP contribution in [0, 0.1) is 0 Å². The van der Waals surface area contributed by atoms with Crippen LogP contribution >= 0.6 is 23.3 Å². The molecule has 0 atom stereocenters. The summed E-state index contributed by atoms with van der Waals surface area (Å²) in [6.07, 6.45) is 1.88. The van der Waals surface area contributed by atoms with E-state index in [4.69, 9.17) is 14.2 Å². The molecule has 0 spiro atoms. The second-order valence-electron chi connectivity index (χ2n) is 4.64. The highest BCUT2D eigenvalue weighted by atomic mass is 32.2. The van der Waals surface area contributed by atoms with Crippen LogP contribution in [-0.4, -0.2) is 41.3 Å². The predicted molar refractivity (Wildman–Crippen MR) is 99.6 cm³/mol. The van der Waals surface area contributed by atoms with Gasteiger partial charge >= 0.3 is 0 Å². The number of ether oxygens (including phenoxy) is 3. The molecule has 1 heterocycles. The van der Waals surface area contributed by atoms with E-state index in [0.29, 0.717) is 52.9 Å². The molecule has 136 valence electrons. The molecule has 0 saturated carbocycles. The normalized spacial score (nSPS) is 10.4. The molecule has 0 aliphatic heterocycles. The van der Waals surface area contributed by atoms with Crippen molar-refractivity contribution in [3.8, 4) is 17.2 Å². The number of benzene rings is 1. The van der Waals surface area contributed by atoms with Gasteiger partial charge in [-0.25, -0.2) is 0 Å². The molecule has 25 heavy (non-hydrogen) atoms. The standard InChI is InChI=1S/C16H21N3O4S2/c1-5-21-11-8-10(9-12(22-6-2)13(11)23-7-3)14(20)17-15-18-16(24-4)19-25-15/h8-9H,5-7H2,1-4H3,(H,17,18,19,20). The molecule has 1 N–H and O–H groups in total. The van der Waals surface area contributed by atoms with Crippen molar-refractivity contribution in [3.63, 3.8) is 0 Å². The van der Waals surface area contributed by atoms with E-state index in [0.717, 1.165) is 11.5 Å². The van der Waals surface area contributed by atoms with Crippen LogP contribution in [0.2, 0.25) is 0 Å². The van der Waals surface area contributed by atoms with Gasteiger partial charge < -0.3 is 14.2 Å². The van der Waals surface area contributed by atoms with E-state index in [2.05, 4.69) is 14.7 Å². The summed E-state index contributed by atoms with van der Waals surface area (Å²) in [4.78, 5) is 16.8. The summed E-state index contributed by atoms with van der Waals surface area (Å²) < 4.78 is 21.0. The fourth-order valence-electron chi connectivity index (χ4n) is 2.03. The molecule has 0 bridgehead atoms. The van der Waals surface area contributed by atoms with E-state index in [9.17, 15) is 4.79 Å². The van der Waals surface area contributed by atoms with Gasteiger partial charge in [0.25, 0.3) is 5.91 Å². The minimum Gasteiger partial charge on any atom is -0.490 e. The van der Waals surface area contributed by atoms with Crippen molar-refractivity contribution in [2.45, 2.75) is 25.9 Å². The van der Waals surface area contributed by atoms with E-state index >= 15 is 0 Å². The fraction of sp³-hybridized carbons (Fsp3) is 0.438. The number of rotatable bonds is 9. The third kappa shape index (κ3) is 4.99. The maximum atomic E-state index is 12.6. The molecule has 0 radical (unpaired) electrons. The van der Waals surface area contributed by atoms with Crippen LogP contribution in [0.15, 0.2) is 17.3 Å². The first-order valence-corrected chi connectivity index (χ1v) is 9.88. The zero-order valence-corrected chi connectivity index (χ0v) is 16.3. The first kappa shape index (κ1) is 19.3. The van der Waals surface area contributed by atoms with Crippen molar-refractivity contribution in [1.82, 2.24) is 9.36 Å². The molecule has 0 unspecified atom stereocenters. The summed E-state index contributed by atoms with van der Waals surface area (Å²) >= 11 is 2.55. The smallest absolute Gasteiger partial charge is 0.257 e. The maximum absolute atomic E-state index is 12.6. The quantitative estimate of drug-likeness (QED) is 0.661. The van der Waals surface area contributed by atoms with Gasteiger partial charge in [-0.1, -0.05) is 11.8 Å². The lowest BCUT2D eigenvalue weighted by Crippen LogP contribution is -2.13. The molecule has 0 aliphatic carbocycles. The number of amides is 1. The van der Waals surface area contributed by atoms with E-state index < -0.39 is 0 Å². The van der Waals surface area contributed by atoms with Crippen LogP contribution in [0.3, 0.4) is 0 Å². The summed E-state index contributed by atoms with van der Waals surface area (Å²) in [7, 11) is 0. The van der Waals surface area contributed by atoms with E-state index in [1.807, 2.05) is 27.0 Å². The molecule has 1 aromatic heterocycles. The van der Waals surface area contributed by atoms with Crippen molar-refractivity contribution < 1.29 is 19.0 Å². The van der Waals surface area contributed by atoms with Crippen LogP contribution in [0.1, 0.15) is 31.1 Å². The topological polar surface area (TPSA) is 82.6 Å². The van der Waals surface area contributed by atoms with Crippen LogP contribution in [-0.2, 0) is 0 Å². The van der Waals surface area contributed by atoms with Gasteiger partial charge in [0, 0.05) is 17.1 Å². The minimum atomic E-state index is -0.311.